The van der Waals surface area contributed by atoms with Crippen LogP contribution in [-0.2, 0) is 4.79 Å². The molecular weight excluding hydrogens is 404 g/mol. The van der Waals surface area contributed by atoms with E-state index in [4.69, 9.17) is 16.0 Å². The number of anilines is 1. The average Bonchev–Trinajstić information content (AvgIpc) is 3.11. The van der Waals surface area contributed by atoms with Crippen LogP contribution in [0.15, 0.2) is 46.0 Å². The molecule has 28 heavy (non-hydrogen) atoms. The molecule has 0 aliphatic rings. The smallest absolute Gasteiger partial charge is 0.293 e. The maximum Gasteiger partial charge on any atom is 0.293 e. The quantitative estimate of drug-likeness (QED) is 0.352. The molecule has 0 radical (unpaired) electrons. The minimum atomic E-state index is -0.517. The Morgan fingerprint density at radius 1 is 1.29 bits per heavy atom. The van der Waals surface area contributed by atoms with E-state index in [1.807, 2.05) is 0 Å². The van der Waals surface area contributed by atoms with E-state index in [0.29, 0.717) is 16.1 Å². The average molecular weight is 419 g/mol. The van der Waals surface area contributed by atoms with E-state index in [0.717, 1.165) is 17.3 Å². The molecule has 1 aromatic heterocycles. The third kappa shape index (κ3) is 4.49. The zero-order valence-corrected chi connectivity index (χ0v) is 16.5. The number of nitrogens with zero attached hydrogens (tertiary/aromatic N) is 3. The highest BCUT2D eigenvalue weighted by atomic mass is 35.5. The van der Waals surface area contributed by atoms with Crippen molar-refractivity contribution in [2.24, 2.45) is 0 Å². The minimum Gasteiger partial charge on any atom is -0.411 e. The topological polar surface area (TPSA) is 111 Å². The van der Waals surface area contributed by atoms with Crippen LogP contribution >= 0.6 is 23.4 Å². The maximum atomic E-state index is 12.3. The minimum absolute atomic E-state index is 0.0470. The molecule has 0 aliphatic carbocycles. The van der Waals surface area contributed by atoms with E-state index in [-0.39, 0.29) is 28.2 Å². The van der Waals surface area contributed by atoms with Crippen molar-refractivity contribution in [2.45, 2.75) is 19.1 Å². The Morgan fingerprint density at radius 2 is 2.04 bits per heavy atom. The standard InChI is InChI=1S/C18H15ClN4O4S/c1-10-7-11(2)16(14(8-10)23(25)26)20-15(24)9-28-18-22-21-17(27-18)12-5-3-4-6-13(12)19/h3-8H,9H2,1-2H3,(H,20,24). The molecule has 1 heterocycles. The molecule has 0 spiro atoms. The van der Waals surface area contributed by atoms with Gasteiger partial charge in [0.2, 0.25) is 11.8 Å². The van der Waals surface area contributed by atoms with Crippen molar-refractivity contribution in [3.05, 3.63) is 62.7 Å². The van der Waals surface area contributed by atoms with Crippen molar-refractivity contribution in [1.82, 2.24) is 10.2 Å². The van der Waals surface area contributed by atoms with Gasteiger partial charge in [0, 0.05) is 6.07 Å². The van der Waals surface area contributed by atoms with Crippen molar-refractivity contribution in [3.8, 4) is 11.5 Å². The molecule has 144 valence electrons. The molecule has 0 fully saturated rings. The fourth-order valence-electron chi connectivity index (χ4n) is 2.57. The zero-order valence-electron chi connectivity index (χ0n) is 14.9. The lowest BCUT2D eigenvalue weighted by molar-refractivity contribution is -0.384. The fourth-order valence-corrected chi connectivity index (χ4v) is 3.35. The van der Waals surface area contributed by atoms with Crippen molar-refractivity contribution in [2.75, 3.05) is 11.1 Å². The summed E-state index contributed by atoms with van der Waals surface area (Å²) in [5, 5.41) is 22.3. The fraction of sp³-hybridized carbons (Fsp3) is 0.167. The SMILES string of the molecule is Cc1cc(C)c(NC(=O)CSc2nnc(-c3ccccc3Cl)o2)c([N+](=O)[O-])c1. The van der Waals surface area contributed by atoms with E-state index < -0.39 is 10.8 Å². The second kappa shape index (κ2) is 8.41. The van der Waals surface area contributed by atoms with E-state index in [2.05, 4.69) is 15.5 Å². The molecule has 2 aromatic carbocycles. The summed E-state index contributed by atoms with van der Waals surface area (Å²) in [5.41, 5.74) is 2.00. The molecule has 10 heteroatoms. The number of nitro groups is 1. The maximum absolute atomic E-state index is 12.3. The van der Waals surface area contributed by atoms with Crippen molar-refractivity contribution >= 4 is 40.6 Å². The molecule has 3 rings (SSSR count). The predicted molar refractivity (Wildman–Crippen MR) is 107 cm³/mol. The van der Waals surface area contributed by atoms with Crippen molar-refractivity contribution < 1.29 is 14.1 Å². The Labute approximate surface area is 169 Å². The zero-order chi connectivity index (χ0) is 20.3. The molecule has 0 bridgehead atoms. The number of amides is 1. The molecule has 1 amide bonds. The number of nitrogens with one attached hydrogen (secondary N) is 1. The first-order valence-electron chi connectivity index (χ1n) is 8.12. The number of aromatic nitrogens is 2. The van der Waals surface area contributed by atoms with E-state index >= 15 is 0 Å². The number of thioether (sulfide) groups is 1. The summed E-state index contributed by atoms with van der Waals surface area (Å²) in [4.78, 5) is 23.0. The number of rotatable bonds is 6. The van der Waals surface area contributed by atoms with Gasteiger partial charge in [-0.3, -0.25) is 14.9 Å². The number of benzene rings is 2. The van der Waals surface area contributed by atoms with E-state index in [9.17, 15) is 14.9 Å². The lowest BCUT2D eigenvalue weighted by atomic mass is 10.1. The van der Waals surface area contributed by atoms with E-state index in [1.165, 1.54) is 6.07 Å². The number of halogens is 1. The summed E-state index contributed by atoms with van der Waals surface area (Å²) in [6.07, 6.45) is 0. The van der Waals surface area contributed by atoms with E-state index in [1.54, 1.807) is 44.2 Å². The number of nitro benzene ring substituents is 1. The Kier molecular flexibility index (Phi) is 5.96. The number of hydrogen-bond acceptors (Lipinski definition) is 7. The third-order valence-electron chi connectivity index (χ3n) is 3.76. The molecular formula is C18H15ClN4O4S. The van der Waals surface area contributed by atoms with Crippen LogP contribution < -0.4 is 5.32 Å². The second-order valence-corrected chi connectivity index (χ2v) is 7.26. The summed E-state index contributed by atoms with van der Waals surface area (Å²) in [6.45, 7) is 3.46. The van der Waals surface area contributed by atoms with Gasteiger partial charge in [-0.2, -0.15) is 0 Å². The third-order valence-corrected chi connectivity index (χ3v) is 4.91. The van der Waals surface area contributed by atoms with Gasteiger partial charge < -0.3 is 9.73 Å². The number of carbonyl (C=O) groups excluding carboxylic acids is 1. The lowest BCUT2D eigenvalue weighted by Gasteiger charge is -2.09. The number of hydrogen-bond donors (Lipinski definition) is 1. The highest BCUT2D eigenvalue weighted by Crippen LogP contribution is 2.31. The number of carbonyl (C=O) groups is 1. The first-order valence-corrected chi connectivity index (χ1v) is 9.48. The first-order chi connectivity index (χ1) is 13.3. The van der Waals surface area contributed by atoms with Crippen LogP contribution in [0.25, 0.3) is 11.5 Å². The molecule has 0 unspecified atom stereocenters. The lowest BCUT2D eigenvalue weighted by Crippen LogP contribution is -2.16. The number of aryl methyl sites for hydroxylation is 2. The molecule has 0 atom stereocenters. The van der Waals surface area contributed by atoms with Crippen molar-refractivity contribution in [3.63, 3.8) is 0 Å². The monoisotopic (exact) mass is 418 g/mol. The van der Waals surface area contributed by atoms with Crippen molar-refractivity contribution in [1.29, 1.82) is 0 Å². The van der Waals surface area contributed by atoms with Gasteiger partial charge in [0.05, 0.1) is 21.3 Å². The van der Waals surface area contributed by atoms with Gasteiger partial charge in [-0.1, -0.05) is 41.6 Å². The Hall–Kier alpha value is -2.91. The normalized spacial score (nSPS) is 10.7. The summed E-state index contributed by atoms with van der Waals surface area (Å²) >= 11 is 7.13. The summed E-state index contributed by atoms with van der Waals surface area (Å²) < 4.78 is 5.52. The van der Waals surface area contributed by atoms with Gasteiger partial charge in [0.25, 0.3) is 10.9 Å². The second-order valence-electron chi connectivity index (χ2n) is 5.92. The highest BCUT2D eigenvalue weighted by molar-refractivity contribution is 7.99. The Bertz CT molecular complexity index is 1050. The van der Waals surface area contributed by atoms with Crippen LogP contribution in [0.5, 0.6) is 0 Å². The highest BCUT2D eigenvalue weighted by Gasteiger charge is 2.20. The first kappa shape index (κ1) is 19.8. The predicted octanol–water partition coefficient (Wildman–Crippen LogP) is 4.65. The molecule has 0 saturated heterocycles. The molecule has 0 saturated carbocycles. The van der Waals surface area contributed by atoms with Crippen LogP contribution in [0.4, 0.5) is 11.4 Å². The molecule has 1 N–H and O–H groups in total. The summed E-state index contributed by atoms with van der Waals surface area (Å²) in [5.74, 6) is -0.217. The molecule has 8 nitrogen and oxygen atoms in total. The van der Waals surface area contributed by atoms with Crippen LogP contribution in [-0.4, -0.2) is 26.8 Å². The van der Waals surface area contributed by atoms with Gasteiger partial charge in [0.15, 0.2) is 0 Å². The van der Waals surface area contributed by atoms with Crippen LogP contribution in [0.3, 0.4) is 0 Å². The van der Waals surface area contributed by atoms with Gasteiger partial charge in [-0.25, -0.2) is 0 Å². The van der Waals surface area contributed by atoms with Gasteiger partial charge in [-0.15, -0.1) is 10.2 Å². The van der Waals surface area contributed by atoms with Gasteiger partial charge in [0.1, 0.15) is 5.69 Å². The summed E-state index contributed by atoms with van der Waals surface area (Å²) in [7, 11) is 0. The Balaban J connectivity index is 1.68. The molecule has 3 aromatic rings. The largest absolute Gasteiger partial charge is 0.411 e. The van der Waals surface area contributed by atoms with Crippen LogP contribution in [0, 0.1) is 24.0 Å². The Morgan fingerprint density at radius 3 is 2.75 bits per heavy atom. The summed E-state index contributed by atoms with van der Waals surface area (Å²) in [6, 6.07) is 10.2. The van der Waals surface area contributed by atoms with Crippen LogP contribution in [0.1, 0.15) is 11.1 Å². The van der Waals surface area contributed by atoms with Gasteiger partial charge in [-0.05, 0) is 37.1 Å². The molecule has 0 aliphatic heterocycles. The van der Waals surface area contributed by atoms with Crippen LogP contribution in [0.2, 0.25) is 5.02 Å². The van der Waals surface area contributed by atoms with Gasteiger partial charge >= 0.3 is 0 Å².